The zero-order valence-electron chi connectivity index (χ0n) is 21.4. The molecule has 0 bridgehead atoms. The molecule has 9 heteroatoms. The van der Waals surface area contributed by atoms with Crippen LogP contribution in [0.4, 0.5) is 10.2 Å². The van der Waals surface area contributed by atoms with E-state index in [1.807, 2.05) is 30.3 Å². The molecule has 3 aromatic carbocycles. The van der Waals surface area contributed by atoms with Crippen molar-refractivity contribution in [2.75, 3.05) is 31.1 Å². The van der Waals surface area contributed by atoms with Gasteiger partial charge in [0.15, 0.2) is 5.16 Å². The highest BCUT2D eigenvalue weighted by atomic mass is 35.5. The van der Waals surface area contributed by atoms with E-state index in [4.69, 9.17) is 16.6 Å². The summed E-state index contributed by atoms with van der Waals surface area (Å²) in [6, 6.07) is 25.9. The molecule has 1 fully saturated rings. The maximum Gasteiger partial charge on any atom is 0.251 e. The summed E-state index contributed by atoms with van der Waals surface area (Å²) >= 11 is 7.86. The lowest BCUT2D eigenvalue weighted by atomic mass is 10.1. The largest absolute Gasteiger partial charge is 0.354 e. The minimum atomic E-state index is -0.299. The summed E-state index contributed by atoms with van der Waals surface area (Å²) in [5, 5.41) is 3.91. The Morgan fingerprint density at radius 2 is 1.62 bits per heavy atom. The van der Waals surface area contributed by atoms with Gasteiger partial charge in [-0.25, -0.2) is 14.4 Å². The van der Waals surface area contributed by atoms with Gasteiger partial charge in [-0.2, -0.15) is 0 Å². The Hall–Kier alpha value is -3.46. The third-order valence-corrected chi connectivity index (χ3v) is 7.64. The van der Waals surface area contributed by atoms with Gasteiger partial charge in [-0.1, -0.05) is 78.0 Å². The van der Waals surface area contributed by atoms with Gasteiger partial charge in [0, 0.05) is 56.7 Å². The van der Waals surface area contributed by atoms with Crippen molar-refractivity contribution in [1.29, 1.82) is 0 Å². The van der Waals surface area contributed by atoms with Gasteiger partial charge in [0.05, 0.1) is 0 Å². The van der Waals surface area contributed by atoms with Gasteiger partial charge in [0.2, 0.25) is 0 Å². The Bertz CT molecular complexity index is 1400. The summed E-state index contributed by atoms with van der Waals surface area (Å²) in [5.74, 6) is 0.959. The van der Waals surface area contributed by atoms with Crippen molar-refractivity contribution in [2.45, 2.75) is 24.0 Å². The summed E-state index contributed by atoms with van der Waals surface area (Å²) in [7, 11) is 0. The Labute approximate surface area is 237 Å². The van der Waals surface area contributed by atoms with E-state index in [1.165, 1.54) is 29.5 Å². The van der Waals surface area contributed by atoms with Crippen LogP contribution in [0.2, 0.25) is 5.15 Å². The summed E-state index contributed by atoms with van der Waals surface area (Å²) in [4.78, 5) is 26.6. The molecule has 1 saturated heterocycles. The fourth-order valence-electron chi connectivity index (χ4n) is 4.43. The predicted octanol–water partition coefficient (Wildman–Crippen LogP) is 5.81. The Kier molecular flexibility index (Phi) is 9.08. The predicted molar refractivity (Wildman–Crippen MR) is 155 cm³/mol. The summed E-state index contributed by atoms with van der Waals surface area (Å²) in [5.41, 5.74) is 3.71. The average Bonchev–Trinajstić information content (AvgIpc) is 2.96. The van der Waals surface area contributed by atoms with Crippen molar-refractivity contribution in [1.82, 2.24) is 20.2 Å². The topological polar surface area (TPSA) is 61.4 Å². The van der Waals surface area contributed by atoms with Gasteiger partial charge >= 0.3 is 0 Å². The second kappa shape index (κ2) is 13.1. The molecule has 4 aromatic rings. The number of benzene rings is 3. The van der Waals surface area contributed by atoms with Crippen LogP contribution in [0.5, 0.6) is 0 Å². The number of nitrogens with one attached hydrogen (secondary N) is 1. The number of hydrogen-bond donors (Lipinski definition) is 1. The molecule has 1 aromatic heterocycles. The quantitative estimate of drug-likeness (QED) is 0.158. The summed E-state index contributed by atoms with van der Waals surface area (Å²) < 4.78 is 13.1. The zero-order chi connectivity index (χ0) is 27.0. The Morgan fingerprint density at radius 1 is 0.872 bits per heavy atom. The number of carbonyl (C=O) groups is 1. The van der Waals surface area contributed by atoms with Crippen LogP contribution >= 0.6 is 23.4 Å². The van der Waals surface area contributed by atoms with Crippen molar-refractivity contribution in [3.05, 3.63) is 118 Å². The van der Waals surface area contributed by atoms with E-state index in [0.717, 1.165) is 49.7 Å². The number of thioether (sulfide) groups is 1. The first-order valence-corrected chi connectivity index (χ1v) is 14.2. The van der Waals surface area contributed by atoms with Gasteiger partial charge in [0.1, 0.15) is 16.8 Å². The van der Waals surface area contributed by atoms with Gasteiger partial charge in [-0.05, 0) is 41.0 Å². The minimum Gasteiger partial charge on any atom is -0.354 e. The highest BCUT2D eigenvalue weighted by Crippen LogP contribution is 2.26. The molecule has 0 spiro atoms. The van der Waals surface area contributed by atoms with Crippen molar-refractivity contribution in [3.63, 3.8) is 0 Å². The van der Waals surface area contributed by atoms with Crippen LogP contribution in [-0.4, -0.2) is 47.0 Å². The van der Waals surface area contributed by atoms with Crippen LogP contribution in [0.1, 0.15) is 27.0 Å². The molecular weight excluding hydrogens is 533 g/mol. The van der Waals surface area contributed by atoms with Crippen LogP contribution in [-0.2, 0) is 18.8 Å². The number of amides is 1. The number of anilines is 1. The second-order valence-electron chi connectivity index (χ2n) is 9.38. The van der Waals surface area contributed by atoms with Gasteiger partial charge in [0.25, 0.3) is 5.91 Å². The lowest BCUT2D eigenvalue weighted by molar-refractivity contribution is 0.0951. The molecule has 1 N–H and O–H groups in total. The van der Waals surface area contributed by atoms with E-state index in [1.54, 1.807) is 18.2 Å². The average molecular weight is 562 g/mol. The molecule has 0 radical (unpaired) electrons. The van der Waals surface area contributed by atoms with Gasteiger partial charge in [-0.3, -0.25) is 9.69 Å². The number of aromatic nitrogens is 2. The molecule has 200 valence electrons. The van der Waals surface area contributed by atoms with Gasteiger partial charge < -0.3 is 10.2 Å². The fraction of sp³-hybridized carbons (Fsp3) is 0.233. The monoisotopic (exact) mass is 561 g/mol. The number of piperazine rings is 1. The van der Waals surface area contributed by atoms with Crippen LogP contribution in [0.25, 0.3) is 0 Å². The molecule has 0 saturated carbocycles. The Balaban J connectivity index is 1.15. The molecule has 1 amide bonds. The number of rotatable bonds is 9. The molecular formula is C30H29ClFN5OS. The van der Waals surface area contributed by atoms with Crippen LogP contribution in [0, 0.1) is 5.82 Å². The third-order valence-electron chi connectivity index (χ3n) is 6.53. The number of carbonyl (C=O) groups excluding carboxylic acids is 1. The van der Waals surface area contributed by atoms with E-state index in [0.29, 0.717) is 28.2 Å². The van der Waals surface area contributed by atoms with Crippen LogP contribution in [0.3, 0.4) is 0 Å². The van der Waals surface area contributed by atoms with Crippen LogP contribution < -0.4 is 10.2 Å². The molecule has 5 rings (SSSR count). The minimum absolute atomic E-state index is 0.182. The van der Waals surface area contributed by atoms with Crippen LogP contribution in [0.15, 0.2) is 90.1 Å². The van der Waals surface area contributed by atoms with E-state index in [-0.39, 0.29) is 11.7 Å². The maximum atomic E-state index is 13.1. The highest BCUT2D eigenvalue weighted by Gasteiger charge is 2.19. The first-order valence-electron chi connectivity index (χ1n) is 12.8. The van der Waals surface area contributed by atoms with Gasteiger partial charge in [-0.15, -0.1) is 0 Å². The SMILES string of the molecule is O=C(NCc1ccc(F)cc1)c1cccc(CSc2nc(Cl)cc(N3CCN(Cc4ccccc4)CC3)n2)c1. The lowest BCUT2D eigenvalue weighted by Crippen LogP contribution is -2.46. The lowest BCUT2D eigenvalue weighted by Gasteiger charge is -2.35. The normalized spacial score (nSPS) is 13.8. The maximum absolute atomic E-state index is 13.1. The smallest absolute Gasteiger partial charge is 0.251 e. The second-order valence-corrected chi connectivity index (χ2v) is 10.7. The first kappa shape index (κ1) is 27.1. The molecule has 2 heterocycles. The highest BCUT2D eigenvalue weighted by molar-refractivity contribution is 7.98. The molecule has 0 atom stereocenters. The Morgan fingerprint density at radius 3 is 2.38 bits per heavy atom. The number of hydrogen-bond acceptors (Lipinski definition) is 6. The van der Waals surface area contributed by atoms with Crippen molar-refractivity contribution in [3.8, 4) is 0 Å². The first-order chi connectivity index (χ1) is 19.0. The molecule has 6 nitrogen and oxygen atoms in total. The molecule has 0 aliphatic carbocycles. The number of nitrogens with zero attached hydrogens (tertiary/aromatic N) is 4. The molecule has 1 aliphatic rings. The third kappa shape index (κ3) is 7.79. The van der Waals surface area contributed by atoms with Crippen molar-refractivity contribution < 1.29 is 9.18 Å². The molecule has 0 unspecified atom stereocenters. The fourth-order valence-corrected chi connectivity index (χ4v) is 5.45. The number of halogens is 2. The van der Waals surface area contributed by atoms with E-state index < -0.39 is 0 Å². The molecule has 1 aliphatic heterocycles. The van der Waals surface area contributed by atoms with E-state index in [2.05, 4.69) is 44.4 Å². The van der Waals surface area contributed by atoms with E-state index >= 15 is 0 Å². The zero-order valence-corrected chi connectivity index (χ0v) is 23.0. The standard InChI is InChI=1S/C30H29ClFN5OS/c31-27-18-28(37-15-13-36(14-16-37)20-23-5-2-1-3-6-23)35-30(34-27)39-21-24-7-4-8-25(17-24)29(38)33-19-22-9-11-26(32)12-10-22/h1-12,17-18H,13-16,19-21H2,(H,33,38). The van der Waals surface area contributed by atoms with Crippen molar-refractivity contribution in [2.24, 2.45) is 0 Å². The van der Waals surface area contributed by atoms with E-state index in [9.17, 15) is 9.18 Å². The summed E-state index contributed by atoms with van der Waals surface area (Å²) in [6.45, 7) is 4.93. The molecule has 39 heavy (non-hydrogen) atoms. The summed E-state index contributed by atoms with van der Waals surface area (Å²) in [6.07, 6.45) is 0. The van der Waals surface area contributed by atoms with Crippen molar-refractivity contribution >= 4 is 35.1 Å².